The molecule has 0 unspecified atom stereocenters. The summed E-state index contributed by atoms with van der Waals surface area (Å²) in [6.07, 6.45) is 4.64. The minimum atomic E-state index is -0.563. The van der Waals surface area contributed by atoms with Crippen LogP contribution in [0.3, 0.4) is 0 Å². The third kappa shape index (κ3) is 7.88. The summed E-state index contributed by atoms with van der Waals surface area (Å²) < 4.78 is 0. The molecule has 0 aliphatic heterocycles. The fourth-order valence-electron chi connectivity index (χ4n) is 1.55. The van der Waals surface area contributed by atoms with E-state index in [0.29, 0.717) is 25.3 Å². The Bertz CT molecular complexity index is 232. The van der Waals surface area contributed by atoms with Crippen LogP contribution in [0.2, 0.25) is 0 Å². The Morgan fingerprint density at radius 3 is 2.47 bits per heavy atom. The van der Waals surface area contributed by atoms with Crippen LogP contribution in [0, 0.1) is 5.92 Å². The van der Waals surface area contributed by atoms with Crippen LogP contribution in [0.5, 0.6) is 0 Å². The van der Waals surface area contributed by atoms with Gasteiger partial charge in [0.1, 0.15) is 0 Å². The summed E-state index contributed by atoms with van der Waals surface area (Å²) in [6, 6.07) is -1.12. The van der Waals surface area contributed by atoms with Gasteiger partial charge in [-0.2, -0.15) is 0 Å². The van der Waals surface area contributed by atoms with E-state index in [1.165, 1.54) is 0 Å². The Hall–Kier alpha value is -0.940. The summed E-state index contributed by atoms with van der Waals surface area (Å²) in [4.78, 5) is 22.3. The molecule has 0 aromatic heterocycles. The van der Waals surface area contributed by atoms with Crippen molar-refractivity contribution >= 4 is 12.2 Å². The van der Waals surface area contributed by atoms with Gasteiger partial charge in [-0.25, -0.2) is 0 Å². The van der Waals surface area contributed by atoms with E-state index in [2.05, 4.69) is 5.32 Å². The molecule has 0 saturated heterocycles. The zero-order valence-corrected chi connectivity index (χ0v) is 10.7. The molecule has 0 aromatic carbocycles. The maximum absolute atomic E-state index is 11.6. The molecule has 1 amide bonds. The van der Waals surface area contributed by atoms with E-state index < -0.39 is 12.1 Å². The number of nitrogens with one attached hydrogen (secondary N) is 1. The number of nitrogens with two attached hydrogens (primary N) is 2. The molecular formula is C12H24N3O2. The molecule has 0 aliphatic carbocycles. The van der Waals surface area contributed by atoms with E-state index in [1.54, 1.807) is 0 Å². The fourth-order valence-corrected chi connectivity index (χ4v) is 1.55. The molecule has 0 aliphatic rings. The third-order valence-corrected chi connectivity index (χ3v) is 2.47. The zero-order chi connectivity index (χ0) is 13.3. The Labute approximate surface area is 103 Å². The SMILES string of the molecule is CC(C)C[C@H](N)C(=O)N[C@H]([C]=O)CCCCN. The summed E-state index contributed by atoms with van der Waals surface area (Å²) in [6.45, 7) is 4.59. The lowest BCUT2D eigenvalue weighted by atomic mass is 10.0. The Morgan fingerprint density at radius 2 is 2.00 bits per heavy atom. The van der Waals surface area contributed by atoms with Crippen LogP contribution >= 0.6 is 0 Å². The number of hydrogen-bond acceptors (Lipinski definition) is 4. The first kappa shape index (κ1) is 16.1. The fraction of sp³-hybridized carbons (Fsp3) is 0.833. The highest BCUT2D eigenvalue weighted by Gasteiger charge is 2.18. The number of amides is 1. The van der Waals surface area contributed by atoms with Gasteiger partial charge in [-0.05, 0) is 38.1 Å². The van der Waals surface area contributed by atoms with Crippen LogP contribution in [-0.4, -0.2) is 30.8 Å². The average molecular weight is 242 g/mol. The van der Waals surface area contributed by atoms with Crippen molar-refractivity contribution in [1.82, 2.24) is 5.32 Å². The molecule has 2 atom stereocenters. The first-order chi connectivity index (χ1) is 8.01. The molecule has 0 fully saturated rings. The first-order valence-corrected chi connectivity index (χ1v) is 6.15. The van der Waals surface area contributed by atoms with Crippen molar-refractivity contribution < 1.29 is 9.59 Å². The van der Waals surface area contributed by atoms with Gasteiger partial charge in [0.05, 0.1) is 12.1 Å². The summed E-state index contributed by atoms with van der Waals surface area (Å²) in [5, 5.41) is 2.60. The molecule has 0 aromatic rings. The van der Waals surface area contributed by atoms with Crippen LogP contribution in [0.4, 0.5) is 0 Å². The van der Waals surface area contributed by atoms with E-state index in [4.69, 9.17) is 11.5 Å². The van der Waals surface area contributed by atoms with E-state index in [1.807, 2.05) is 20.1 Å². The van der Waals surface area contributed by atoms with Crippen LogP contribution in [0.25, 0.3) is 0 Å². The summed E-state index contributed by atoms with van der Waals surface area (Å²) in [7, 11) is 0. The highest BCUT2D eigenvalue weighted by atomic mass is 16.2. The lowest BCUT2D eigenvalue weighted by Crippen LogP contribution is -2.46. The van der Waals surface area contributed by atoms with Gasteiger partial charge in [0.15, 0.2) is 0 Å². The van der Waals surface area contributed by atoms with Crippen molar-refractivity contribution in [3.8, 4) is 0 Å². The minimum absolute atomic E-state index is 0.278. The molecule has 5 nitrogen and oxygen atoms in total. The highest BCUT2D eigenvalue weighted by molar-refractivity contribution is 5.84. The van der Waals surface area contributed by atoms with Crippen molar-refractivity contribution in [1.29, 1.82) is 0 Å². The Balaban J connectivity index is 4.00. The molecule has 0 heterocycles. The molecule has 0 spiro atoms. The summed E-state index contributed by atoms with van der Waals surface area (Å²) in [5.74, 6) is 0.0754. The molecule has 0 rings (SSSR count). The van der Waals surface area contributed by atoms with Crippen molar-refractivity contribution in [3.63, 3.8) is 0 Å². The van der Waals surface area contributed by atoms with Crippen molar-refractivity contribution in [2.75, 3.05) is 6.54 Å². The summed E-state index contributed by atoms with van der Waals surface area (Å²) in [5.41, 5.74) is 11.1. The van der Waals surface area contributed by atoms with Crippen LogP contribution in [-0.2, 0) is 9.59 Å². The van der Waals surface area contributed by atoms with E-state index in [9.17, 15) is 9.59 Å². The number of carbonyl (C=O) groups excluding carboxylic acids is 2. The molecule has 0 bridgehead atoms. The van der Waals surface area contributed by atoms with Gasteiger partial charge >= 0.3 is 0 Å². The quantitative estimate of drug-likeness (QED) is 0.499. The summed E-state index contributed by atoms with van der Waals surface area (Å²) >= 11 is 0. The second-order valence-electron chi connectivity index (χ2n) is 4.70. The van der Waals surface area contributed by atoms with E-state index in [-0.39, 0.29) is 5.91 Å². The molecule has 5 N–H and O–H groups in total. The Morgan fingerprint density at radius 1 is 1.35 bits per heavy atom. The van der Waals surface area contributed by atoms with Crippen LogP contribution in [0.1, 0.15) is 39.5 Å². The monoisotopic (exact) mass is 242 g/mol. The zero-order valence-electron chi connectivity index (χ0n) is 10.7. The molecule has 17 heavy (non-hydrogen) atoms. The predicted octanol–water partition coefficient (Wildman–Crippen LogP) is 0.0833. The van der Waals surface area contributed by atoms with Crippen molar-refractivity contribution in [3.05, 3.63) is 0 Å². The normalized spacial score (nSPS) is 14.4. The van der Waals surface area contributed by atoms with Gasteiger partial charge in [-0.1, -0.05) is 13.8 Å². The largest absolute Gasteiger partial charge is 0.344 e. The van der Waals surface area contributed by atoms with Crippen LogP contribution in [0.15, 0.2) is 0 Å². The smallest absolute Gasteiger partial charge is 0.237 e. The number of hydrogen-bond donors (Lipinski definition) is 3. The molecule has 1 radical (unpaired) electrons. The van der Waals surface area contributed by atoms with Crippen LogP contribution < -0.4 is 16.8 Å². The second-order valence-corrected chi connectivity index (χ2v) is 4.70. The lowest BCUT2D eigenvalue weighted by molar-refractivity contribution is -0.123. The minimum Gasteiger partial charge on any atom is -0.344 e. The van der Waals surface area contributed by atoms with Gasteiger partial charge in [0.25, 0.3) is 0 Å². The topological polar surface area (TPSA) is 98.2 Å². The van der Waals surface area contributed by atoms with Crippen molar-refractivity contribution in [2.45, 2.75) is 51.6 Å². The maximum atomic E-state index is 11.6. The maximum Gasteiger partial charge on any atom is 0.237 e. The van der Waals surface area contributed by atoms with Crippen molar-refractivity contribution in [2.24, 2.45) is 17.4 Å². The highest BCUT2D eigenvalue weighted by Crippen LogP contribution is 2.04. The molecule has 0 saturated carbocycles. The van der Waals surface area contributed by atoms with E-state index >= 15 is 0 Å². The second kappa shape index (κ2) is 9.13. The van der Waals surface area contributed by atoms with Gasteiger partial charge in [0, 0.05) is 0 Å². The molecule has 99 valence electrons. The average Bonchev–Trinajstić information content (AvgIpc) is 2.26. The van der Waals surface area contributed by atoms with Gasteiger partial charge in [0.2, 0.25) is 12.2 Å². The van der Waals surface area contributed by atoms with Gasteiger partial charge < -0.3 is 16.8 Å². The standard InChI is InChI=1S/C12H24N3O2/c1-9(2)7-11(14)12(17)15-10(8-16)5-3-4-6-13/h9-11H,3-7,13-14H2,1-2H3,(H,15,17)/t10-,11-/m0/s1. The number of unbranched alkanes of at least 4 members (excludes halogenated alkanes) is 1. The van der Waals surface area contributed by atoms with E-state index in [0.717, 1.165) is 12.8 Å². The van der Waals surface area contributed by atoms with Gasteiger partial charge in [-0.3, -0.25) is 9.59 Å². The predicted molar refractivity (Wildman–Crippen MR) is 68.0 cm³/mol. The Kier molecular flexibility index (Phi) is 8.62. The lowest BCUT2D eigenvalue weighted by Gasteiger charge is -2.17. The molecule has 5 heteroatoms. The number of rotatable bonds is 9. The third-order valence-electron chi connectivity index (χ3n) is 2.47. The molecular weight excluding hydrogens is 218 g/mol. The first-order valence-electron chi connectivity index (χ1n) is 6.15. The number of carbonyl (C=O) groups is 1. The van der Waals surface area contributed by atoms with Gasteiger partial charge in [-0.15, -0.1) is 0 Å².